The van der Waals surface area contributed by atoms with Crippen LogP contribution < -0.4 is 4.90 Å². The van der Waals surface area contributed by atoms with Crippen molar-refractivity contribution in [2.24, 2.45) is 0 Å². The van der Waals surface area contributed by atoms with Crippen LogP contribution in [-0.4, -0.2) is 42.0 Å². The van der Waals surface area contributed by atoms with Crippen molar-refractivity contribution in [3.63, 3.8) is 0 Å². The molecule has 5 nitrogen and oxygen atoms in total. The molecule has 0 atom stereocenters. The highest BCUT2D eigenvalue weighted by Crippen LogP contribution is 2.26. The van der Waals surface area contributed by atoms with Crippen LogP contribution in [0.2, 0.25) is 0 Å². The molecule has 2 heterocycles. The molecule has 0 unspecified atom stereocenters. The Labute approximate surface area is 160 Å². The lowest BCUT2D eigenvalue weighted by Gasteiger charge is -2.38. The van der Waals surface area contributed by atoms with Gasteiger partial charge in [0.15, 0.2) is 0 Å². The zero-order chi connectivity index (χ0) is 18.8. The molecule has 2 aliphatic rings. The van der Waals surface area contributed by atoms with Gasteiger partial charge in [0.25, 0.3) is 5.91 Å². The average Bonchev–Trinajstić information content (AvgIpc) is 3.20. The minimum absolute atomic E-state index is 0.124. The quantitative estimate of drug-likeness (QED) is 0.843. The third-order valence-corrected chi connectivity index (χ3v) is 5.90. The lowest BCUT2D eigenvalue weighted by Crippen LogP contribution is -2.45. The lowest BCUT2D eigenvalue weighted by atomic mass is 10.0. The Kier molecular flexibility index (Phi) is 4.81. The third-order valence-electron chi connectivity index (χ3n) is 5.90. The number of hydrogen-bond donors (Lipinski definition) is 0. The summed E-state index contributed by atoms with van der Waals surface area (Å²) >= 11 is 0. The predicted octanol–water partition coefficient (Wildman–Crippen LogP) is 3.18. The molecule has 1 aliphatic carbocycles. The summed E-state index contributed by atoms with van der Waals surface area (Å²) in [5.41, 5.74) is 5.03. The first-order valence-electron chi connectivity index (χ1n) is 9.66. The second-order valence-electron chi connectivity index (χ2n) is 7.48. The molecule has 0 radical (unpaired) electrons. The van der Waals surface area contributed by atoms with Crippen molar-refractivity contribution < 1.29 is 4.79 Å². The minimum atomic E-state index is 0.124. The summed E-state index contributed by atoms with van der Waals surface area (Å²) in [4.78, 5) is 21.2. The molecule has 1 aromatic carbocycles. The molecule has 4 rings (SSSR count). The molecular weight excluding hydrogens is 336 g/mol. The molecule has 1 amide bonds. The number of pyridine rings is 1. The van der Waals surface area contributed by atoms with Crippen molar-refractivity contribution in [2.75, 3.05) is 25.0 Å². The van der Waals surface area contributed by atoms with Gasteiger partial charge in [0.05, 0.1) is 0 Å². The SMILES string of the molecule is CN(C(=O)c1ccc2c(c1)CCC2)C1CCN(c2ccnc(C#N)c2)CC1. The number of piperidine rings is 1. The van der Waals surface area contributed by atoms with Crippen LogP contribution >= 0.6 is 0 Å². The van der Waals surface area contributed by atoms with Crippen molar-refractivity contribution >= 4 is 11.6 Å². The number of rotatable bonds is 3. The molecule has 0 spiro atoms. The highest BCUT2D eigenvalue weighted by atomic mass is 16.2. The van der Waals surface area contributed by atoms with Crippen LogP contribution in [0.5, 0.6) is 0 Å². The molecular formula is C22H24N4O. The monoisotopic (exact) mass is 360 g/mol. The van der Waals surface area contributed by atoms with Crippen molar-refractivity contribution in [2.45, 2.75) is 38.1 Å². The van der Waals surface area contributed by atoms with Crippen LogP contribution in [-0.2, 0) is 12.8 Å². The van der Waals surface area contributed by atoms with E-state index in [0.717, 1.165) is 50.0 Å². The number of amides is 1. The number of benzene rings is 1. The van der Waals surface area contributed by atoms with Gasteiger partial charge >= 0.3 is 0 Å². The Morgan fingerprint density at radius 3 is 2.74 bits per heavy atom. The normalized spacial score (nSPS) is 16.7. The van der Waals surface area contributed by atoms with Crippen LogP contribution in [0.3, 0.4) is 0 Å². The first kappa shape index (κ1) is 17.5. The molecule has 2 aromatic rings. The number of nitrogens with zero attached hydrogens (tertiary/aromatic N) is 4. The number of carbonyl (C=O) groups excluding carboxylic acids is 1. The van der Waals surface area contributed by atoms with Gasteiger partial charge in [0.1, 0.15) is 11.8 Å². The van der Waals surface area contributed by atoms with Gasteiger partial charge in [-0.1, -0.05) is 6.07 Å². The van der Waals surface area contributed by atoms with Gasteiger partial charge in [-0.25, -0.2) is 4.98 Å². The fourth-order valence-electron chi connectivity index (χ4n) is 4.26. The molecule has 0 N–H and O–H groups in total. The number of aryl methyl sites for hydroxylation is 2. The molecule has 1 aromatic heterocycles. The van der Waals surface area contributed by atoms with Gasteiger partial charge in [-0.05, 0) is 67.5 Å². The van der Waals surface area contributed by atoms with Crippen LogP contribution in [0.15, 0.2) is 36.5 Å². The molecule has 1 fully saturated rings. The van der Waals surface area contributed by atoms with E-state index in [0.29, 0.717) is 5.69 Å². The summed E-state index contributed by atoms with van der Waals surface area (Å²) in [5.74, 6) is 0.124. The van der Waals surface area contributed by atoms with E-state index in [1.807, 2.05) is 30.1 Å². The topological polar surface area (TPSA) is 60.2 Å². The number of carbonyl (C=O) groups is 1. The second kappa shape index (κ2) is 7.40. The maximum atomic E-state index is 12.9. The summed E-state index contributed by atoms with van der Waals surface area (Å²) in [6.07, 6.45) is 6.97. The first-order valence-corrected chi connectivity index (χ1v) is 9.66. The Morgan fingerprint density at radius 2 is 1.96 bits per heavy atom. The van der Waals surface area contributed by atoms with Crippen LogP contribution in [0.4, 0.5) is 5.69 Å². The van der Waals surface area contributed by atoms with E-state index in [9.17, 15) is 4.79 Å². The Balaban J connectivity index is 1.40. The number of fused-ring (bicyclic) bond motifs is 1. The van der Waals surface area contributed by atoms with E-state index in [4.69, 9.17) is 5.26 Å². The molecule has 27 heavy (non-hydrogen) atoms. The largest absolute Gasteiger partial charge is 0.371 e. The fourth-order valence-corrected chi connectivity index (χ4v) is 4.26. The Bertz CT molecular complexity index is 893. The predicted molar refractivity (Wildman–Crippen MR) is 105 cm³/mol. The van der Waals surface area contributed by atoms with E-state index >= 15 is 0 Å². The zero-order valence-corrected chi connectivity index (χ0v) is 15.7. The molecule has 0 bridgehead atoms. The molecule has 1 aliphatic heterocycles. The van der Waals surface area contributed by atoms with E-state index < -0.39 is 0 Å². The summed E-state index contributed by atoms with van der Waals surface area (Å²) in [6.45, 7) is 1.75. The number of hydrogen-bond acceptors (Lipinski definition) is 4. The van der Waals surface area contributed by atoms with E-state index in [1.165, 1.54) is 17.5 Å². The number of anilines is 1. The lowest BCUT2D eigenvalue weighted by molar-refractivity contribution is 0.0709. The molecule has 0 saturated carbocycles. The van der Waals surface area contributed by atoms with Gasteiger partial charge in [0, 0.05) is 43.6 Å². The van der Waals surface area contributed by atoms with Gasteiger partial charge in [-0.15, -0.1) is 0 Å². The molecule has 1 saturated heterocycles. The van der Waals surface area contributed by atoms with Crippen molar-refractivity contribution in [3.8, 4) is 6.07 Å². The van der Waals surface area contributed by atoms with Gasteiger partial charge in [0.2, 0.25) is 0 Å². The maximum absolute atomic E-state index is 12.9. The summed E-state index contributed by atoms with van der Waals surface area (Å²) in [6, 6.07) is 12.3. The fraction of sp³-hybridized carbons (Fsp3) is 0.409. The van der Waals surface area contributed by atoms with Crippen LogP contribution in [0, 0.1) is 11.3 Å². The number of nitriles is 1. The highest BCUT2D eigenvalue weighted by molar-refractivity contribution is 5.94. The molecule has 5 heteroatoms. The van der Waals surface area contributed by atoms with Crippen molar-refractivity contribution in [1.29, 1.82) is 5.26 Å². The minimum Gasteiger partial charge on any atom is -0.371 e. The highest BCUT2D eigenvalue weighted by Gasteiger charge is 2.27. The summed E-state index contributed by atoms with van der Waals surface area (Å²) < 4.78 is 0. The van der Waals surface area contributed by atoms with Gasteiger partial charge in [-0.2, -0.15) is 5.26 Å². The smallest absolute Gasteiger partial charge is 0.253 e. The summed E-state index contributed by atoms with van der Waals surface area (Å²) in [7, 11) is 1.93. The maximum Gasteiger partial charge on any atom is 0.253 e. The molecule has 138 valence electrons. The number of aromatic nitrogens is 1. The van der Waals surface area contributed by atoms with Gasteiger partial charge in [-0.3, -0.25) is 4.79 Å². The summed E-state index contributed by atoms with van der Waals surface area (Å²) in [5, 5.41) is 9.03. The van der Waals surface area contributed by atoms with Crippen LogP contribution in [0.1, 0.15) is 46.4 Å². The average molecular weight is 360 g/mol. The van der Waals surface area contributed by atoms with E-state index in [2.05, 4.69) is 28.1 Å². The van der Waals surface area contributed by atoms with E-state index in [1.54, 1.807) is 6.20 Å². The standard InChI is InChI=1S/C22H24N4O/c1-25(22(27)18-6-5-16-3-2-4-17(16)13-18)20-8-11-26(12-9-20)21-7-10-24-19(14-21)15-23/h5-7,10,13-14,20H,2-4,8-9,11-12H2,1H3. The van der Waals surface area contributed by atoms with Crippen molar-refractivity contribution in [3.05, 3.63) is 58.9 Å². The third kappa shape index (κ3) is 3.52. The van der Waals surface area contributed by atoms with Crippen LogP contribution in [0.25, 0.3) is 0 Å². The van der Waals surface area contributed by atoms with E-state index in [-0.39, 0.29) is 11.9 Å². The first-order chi connectivity index (χ1) is 13.2. The van der Waals surface area contributed by atoms with Gasteiger partial charge < -0.3 is 9.80 Å². The Hall–Kier alpha value is -2.87. The van der Waals surface area contributed by atoms with Crippen molar-refractivity contribution in [1.82, 2.24) is 9.88 Å². The second-order valence-corrected chi connectivity index (χ2v) is 7.48. The zero-order valence-electron chi connectivity index (χ0n) is 15.7. The Morgan fingerprint density at radius 1 is 1.19 bits per heavy atom.